The van der Waals surface area contributed by atoms with Gasteiger partial charge in [-0.05, 0) is 47.9 Å². The SMILES string of the molecule is Cl.O=C(CCc1c(-c2ccc(F)cc2)[nH]c2ccccc12)N1CCNCC1. The molecule has 2 heterocycles. The van der Waals surface area contributed by atoms with Crippen LogP contribution in [0.3, 0.4) is 0 Å². The molecule has 1 aliphatic heterocycles. The van der Waals surface area contributed by atoms with Gasteiger partial charge in [-0.2, -0.15) is 0 Å². The van der Waals surface area contributed by atoms with Crippen LogP contribution in [0.1, 0.15) is 12.0 Å². The van der Waals surface area contributed by atoms with Crippen molar-refractivity contribution in [2.75, 3.05) is 26.2 Å². The lowest BCUT2D eigenvalue weighted by Crippen LogP contribution is -2.46. The maximum Gasteiger partial charge on any atom is 0.222 e. The van der Waals surface area contributed by atoms with Crippen molar-refractivity contribution in [2.45, 2.75) is 12.8 Å². The molecular formula is C21H23ClFN3O. The molecule has 27 heavy (non-hydrogen) atoms. The van der Waals surface area contributed by atoms with Crippen LogP contribution in [0.2, 0.25) is 0 Å². The summed E-state index contributed by atoms with van der Waals surface area (Å²) in [5, 5.41) is 4.39. The fourth-order valence-corrected chi connectivity index (χ4v) is 3.63. The first-order chi connectivity index (χ1) is 12.7. The number of benzene rings is 2. The number of aromatic amines is 1. The Morgan fingerprint density at radius 1 is 1.04 bits per heavy atom. The van der Waals surface area contributed by atoms with Gasteiger partial charge in [0, 0.05) is 49.2 Å². The van der Waals surface area contributed by atoms with Crippen molar-refractivity contribution in [3.8, 4) is 11.3 Å². The first kappa shape index (κ1) is 19.4. The molecule has 4 rings (SSSR count). The summed E-state index contributed by atoms with van der Waals surface area (Å²) in [5.41, 5.74) is 4.07. The third-order valence-corrected chi connectivity index (χ3v) is 5.01. The summed E-state index contributed by atoms with van der Waals surface area (Å²) < 4.78 is 13.3. The van der Waals surface area contributed by atoms with E-state index in [0.29, 0.717) is 12.8 Å². The van der Waals surface area contributed by atoms with Gasteiger partial charge in [0.25, 0.3) is 0 Å². The number of carbonyl (C=O) groups is 1. The van der Waals surface area contributed by atoms with Crippen molar-refractivity contribution in [1.82, 2.24) is 15.2 Å². The normalized spacial score (nSPS) is 14.2. The van der Waals surface area contributed by atoms with Crippen LogP contribution in [0.4, 0.5) is 4.39 Å². The quantitative estimate of drug-likeness (QED) is 0.716. The van der Waals surface area contributed by atoms with Gasteiger partial charge in [0.1, 0.15) is 5.82 Å². The highest BCUT2D eigenvalue weighted by atomic mass is 35.5. The molecule has 1 amide bonds. The van der Waals surface area contributed by atoms with E-state index in [4.69, 9.17) is 0 Å². The minimum Gasteiger partial charge on any atom is -0.354 e. The van der Waals surface area contributed by atoms with E-state index in [9.17, 15) is 9.18 Å². The second-order valence-corrected chi connectivity index (χ2v) is 6.66. The zero-order chi connectivity index (χ0) is 17.9. The number of para-hydroxylation sites is 1. The summed E-state index contributed by atoms with van der Waals surface area (Å²) in [6, 6.07) is 14.6. The highest BCUT2D eigenvalue weighted by Crippen LogP contribution is 2.31. The van der Waals surface area contributed by atoms with Crippen LogP contribution in [-0.4, -0.2) is 42.0 Å². The topological polar surface area (TPSA) is 48.1 Å². The molecule has 142 valence electrons. The van der Waals surface area contributed by atoms with Crippen LogP contribution in [0.5, 0.6) is 0 Å². The lowest BCUT2D eigenvalue weighted by atomic mass is 10.0. The molecule has 2 aromatic carbocycles. The number of fused-ring (bicyclic) bond motifs is 1. The van der Waals surface area contributed by atoms with E-state index in [1.807, 2.05) is 23.1 Å². The standard InChI is InChI=1S/C21H22FN3O.ClH/c22-16-7-5-15(6-8-16)21-18(17-3-1-2-4-19(17)24-21)9-10-20(26)25-13-11-23-12-14-25;/h1-8,23-24H,9-14H2;1H. The molecule has 1 aliphatic rings. The van der Waals surface area contributed by atoms with Gasteiger partial charge in [-0.3, -0.25) is 4.79 Å². The average molecular weight is 388 g/mol. The number of aryl methyl sites for hydroxylation is 1. The minimum atomic E-state index is -0.250. The van der Waals surface area contributed by atoms with Gasteiger partial charge in [0.2, 0.25) is 5.91 Å². The molecule has 0 atom stereocenters. The van der Waals surface area contributed by atoms with Crippen LogP contribution in [0, 0.1) is 5.82 Å². The summed E-state index contributed by atoms with van der Waals surface area (Å²) in [5.74, 6) is -0.0536. The van der Waals surface area contributed by atoms with Gasteiger partial charge in [0.05, 0.1) is 0 Å². The van der Waals surface area contributed by atoms with Gasteiger partial charge in [-0.15, -0.1) is 12.4 Å². The summed E-state index contributed by atoms with van der Waals surface area (Å²) in [4.78, 5) is 17.9. The van der Waals surface area contributed by atoms with Gasteiger partial charge >= 0.3 is 0 Å². The second kappa shape index (κ2) is 8.55. The molecule has 1 fully saturated rings. The molecule has 6 heteroatoms. The predicted octanol–water partition coefficient (Wildman–Crippen LogP) is 3.76. The van der Waals surface area contributed by atoms with Crippen LogP contribution < -0.4 is 5.32 Å². The molecule has 1 saturated heterocycles. The van der Waals surface area contributed by atoms with E-state index in [1.54, 1.807) is 12.1 Å². The van der Waals surface area contributed by atoms with Crippen LogP contribution in [0.15, 0.2) is 48.5 Å². The van der Waals surface area contributed by atoms with Gasteiger partial charge in [-0.1, -0.05) is 18.2 Å². The molecule has 2 N–H and O–H groups in total. The smallest absolute Gasteiger partial charge is 0.222 e. The fourth-order valence-electron chi connectivity index (χ4n) is 3.63. The summed E-state index contributed by atoms with van der Waals surface area (Å²) in [6.07, 6.45) is 1.15. The molecular weight excluding hydrogens is 365 g/mol. The lowest BCUT2D eigenvalue weighted by molar-refractivity contribution is -0.131. The van der Waals surface area contributed by atoms with E-state index in [1.165, 1.54) is 12.1 Å². The van der Waals surface area contributed by atoms with E-state index in [0.717, 1.165) is 53.9 Å². The Bertz CT molecular complexity index is 917. The van der Waals surface area contributed by atoms with Gasteiger partial charge < -0.3 is 15.2 Å². The van der Waals surface area contributed by atoms with Crippen LogP contribution in [0.25, 0.3) is 22.2 Å². The van der Waals surface area contributed by atoms with Gasteiger partial charge in [0.15, 0.2) is 0 Å². The molecule has 0 bridgehead atoms. The Morgan fingerprint density at radius 3 is 2.48 bits per heavy atom. The molecule has 0 unspecified atom stereocenters. The number of rotatable bonds is 4. The molecule has 4 nitrogen and oxygen atoms in total. The van der Waals surface area contributed by atoms with Crippen molar-refractivity contribution < 1.29 is 9.18 Å². The number of hydrogen-bond acceptors (Lipinski definition) is 2. The first-order valence-electron chi connectivity index (χ1n) is 9.06. The number of amides is 1. The molecule has 3 aromatic rings. The Morgan fingerprint density at radius 2 is 1.74 bits per heavy atom. The van der Waals surface area contributed by atoms with Gasteiger partial charge in [-0.25, -0.2) is 4.39 Å². The van der Waals surface area contributed by atoms with Crippen molar-refractivity contribution in [3.63, 3.8) is 0 Å². The number of H-pyrrole nitrogens is 1. The third-order valence-electron chi connectivity index (χ3n) is 5.01. The number of nitrogens with one attached hydrogen (secondary N) is 2. The first-order valence-corrected chi connectivity index (χ1v) is 9.06. The monoisotopic (exact) mass is 387 g/mol. The fraction of sp³-hybridized carbons (Fsp3) is 0.286. The zero-order valence-electron chi connectivity index (χ0n) is 15.0. The number of piperazine rings is 1. The van der Waals surface area contributed by atoms with E-state index < -0.39 is 0 Å². The highest BCUT2D eigenvalue weighted by Gasteiger charge is 2.18. The zero-order valence-corrected chi connectivity index (χ0v) is 15.8. The van der Waals surface area contributed by atoms with Crippen molar-refractivity contribution in [3.05, 3.63) is 59.9 Å². The lowest BCUT2D eigenvalue weighted by Gasteiger charge is -2.27. The van der Waals surface area contributed by atoms with Crippen LogP contribution in [-0.2, 0) is 11.2 Å². The Balaban J connectivity index is 0.00000210. The largest absolute Gasteiger partial charge is 0.354 e. The Kier molecular flexibility index (Phi) is 6.14. The predicted molar refractivity (Wildman–Crippen MR) is 109 cm³/mol. The summed E-state index contributed by atoms with van der Waals surface area (Å²) in [6.45, 7) is 3.27. The van der Waals surface area contributed by atoms with E-state index >= 15 is 0 Å². The molecule has 0 aliphatic carbocycles. The average Bonchev–Trinajstić information content (AvgIpc) is 3.06. The number of nitrogens with zero attached hydrogens (tertiary/aromatic N) is 1. The number of halogens is 2. The summed E-state index contributed by atoms with van der Waals surface area (Å²) in [7, 11) is 0. The minimum absolute atomic E-state index is 0. The number of carbonyl (C=O) groups excluding carboxylic acids is 1. The summed E-state index contributed by atoms with van der Waals surface area (Å²) >= 11 is 0. The maximum absolute atomic E-state index is 13.3. The molecule has 0 spiro atoms. The van der Waals surface area contributed by atoms with Crippen molar-refractivity contribution in [1.29, 1.82) is 0 Å². The maximum atomic E-state index is 13.3. The highest BCUT2D eigenvalue weighted by molar-refractivity contribution is 5.91. The van der Waals surface area contributed by atoms with E-state index in [-0.39, 0.29) is 24.1 Å². The molecule has 0 saturated carbocycles. The van der Waals surface area contributed by atoms with Crippen LogP contribution >= 0.6 is 12.4 Å². The second-order valence-electron chi connectivity index (χ2n) is 6.66. The number of hydrogen-bond donors (Lipinski definition) is 2. The molecule has 1 aromatic heterocycles. The Hall–Kier alpha value is -2.37. The van der Waals surface area contributed by atoms with E-state index in [2.05, 4.69) is 16.4 Å². The number of aromatic nitrogens is 1. The Labute approximate surface area is 164 Å². The molecule has 0 radical (unpaired) electrons. The van der Waals surface area contributed by atoms with Crippen molar-refractivity contribution >= 4 is 29.2 Å². The third kappa shape index (κ3) is 4.15. The van der Waals surface area contributed by atoms with Crippen molar-refractivity contribution in [2.24, 2.45) is 0 Å².